The summed E-state index contributed by atoms with van der Waals surface area (Å²) in [5.41, 5.74) is 2.58. The zero-order valence-electron chi connectivity index (χ0n) is 13.1. The van der Waals surface area contributed by atoms with Gasteiger partial charge in [0.2, 0.25) is 0 Å². The Labute approximate surface area is 147 Å². The Morgan fingerprint density at radius 3 is 3.04 bits per heavy atom. The molecule has 0 saturated carbocycles. The number of phenols is 1. The first-order chi connectivity index (χ1) is 12.3. The van der Waals surface area contributed by atoms with Crippen LogP contribution in [0.2, 0.25) is 0 Å². The van der Waals surface area contributed by atoms with E-state index in [1.165, 1.54) is 0 Å². The molecule has 3 aromatic heterocycles. The Morgan fingerprint density at radius 1 is 1.24 bits per heavy atom. The standard InChI is InChI=1S/C17H14N4O3S/c22-15-2-1-3-16(6-15)24-10-13-7-21(20-19-13)8-14-11-25-17(18-14)12-4-5-23-9-12/h1-7,9,11,22H,8,10H2. The zero-order valence-corrected chi connectivity index (χ0v) is 13.9. The molecule has 1 aromatic carbocycles. The average molecular weight is 354 g/mol. The van der Waals surface area contributed by atoms with Gasteiger partial charge in [-0.1, -0.05) is 11.3 Å². The molecule has 25 heavy (non-hydrogen) atoms. The van der Waals surface area contributed by atoms with Gasteiger partial charge in [-0.15, -0.1) is 16.4 Å². The maximum Gasteiger partial charge on any atom is 0.134 e. The average Bonchev–Trinajstić information content (AvgIpc) is 3.35. The number of hydrogen-bond acceptors (Lipinski definition) is 7. The Hall–Kier alpha value is -3.13. The van der Waals surface area contributed by atoms with Crippen molar-refractivity contribution in [1.29, 1.82) is 0 Å². The number of hydrogen-bond donors (Lipinski definition) is 1. The third-order valence-corrected chi connectivity index (χ3v) is 4.37. The number of phenolic OH excluding ortho intramolecular Hbond substituents is 1. The molecule has 4 rings (SSSR count). The van der Waals surface area contributed by atoms with Gasteiger partial charge in [0.1, 0.15) is 35.1 Å². The van der Waals surface area contributed by atoms with Crippen molar-refractivity contribution in [2.45, 2.75) is 13.2 Å². The van der Waals surface area contributed by atoms with Crippen molar-refractivity contribution < 1.29 is 14.3 Å². The molecular formula is C17H14N4O3S. The van der Waals surface area contributed by atoms with Gasteiger partial charge >= 0.3 is 0 Å². The molecule has 3 heterocycles. The van der Waals surface area contributed by atoms with Crippen LogP contribution in [-0.4, -0.2) is 25.1 Å². The van der Waals surface area contributed by atoms with Gasteiger partial charge in [-0.05, 0) is 18.2 Å². The first-order valence-electron chi connectivity index (χ1n) is 7.54. The van der Waals surface area contributed by atoms with Crippen LogP contribution in [0.4, 0.5) is 0 Å². The normalized spacial score (nSPS) is 10.9. The SMILES string of the molecule is Oc1cccc(OCc2cn(Cc3csc(-c4ccoc4)n3)nn2)c1. The summed E-state index contributed by atoms with van der Waals surface area (Å²) in [7, 11) is 0. The van der Waals surface area contributed by atoms with Gasteiger partial charge < -0.3 is 14.3 Å². The second-order valence-corrected chi connectivity index (χ2v) is 6.21. The maximum absolute atomic E-state index is 9.43. The van der Waals surface area contributed by atoms with Crippen molar-refractivity contribution in [3.63, 3.8) is 0 Å². The molecule has 0 saturated heterocycles. The molecule has 0 atom stereocenters. The highest BCUT2D eigenvalue weighted by atomic mass is 32.1. The molecule has 4 aromatic rings. The highest BCUT2D eigenvalue weighted by Gasteiger charge is 2.08. The molecule has 0 unspecified atom stereocenters. The predicted molar refractivity (Wildman–Crippen MR) is 91.4 cm³/mol. The van der Waals surface area contributed by atoms with E-state index in [2.05, 4.69) is 15.3 Å². The van der Waals surface area contributed by atoms with Gasteiger partial charge in [0.25, 0.3) is 0 Å². The smallest absolute Gasteiger partial charge is 0.134 e. The van der Waals surface area contributed by atoms with Gasteiger partial charge in [-0.2, -0.15) is 0 Å². The highest BCUT2D eigenvalue weighted by Crippen LogP contribution is 2.24. The van der Waals surface area contributed by atoms with Crippen LogP contribution in [0.25, 0.3) is 10.6 Å². The van der Waals surface area contributed by atoms with Crippen LogP contribution in [-0.2, 0) is 13.2 Å². The number of rotatable bonds is 6. The monoisotopic (exact) mass is 354 g/mol. The second-order valence-electron chi connectivity index (χ2n) is 5.35. The molecule has 1 N–H and O–H groups in total. The van der Waals surface area contributed by atoms with Crippen molar-refractivity contribution in [2.24, 2.45) is 0 Å². The van der Waals surface area contributed by atoms with Crippen molar-refractivity contribution >= 4 is 11.3 Å². The highest BCUT2D eigenvalue weighted by molar-refractivity contribution is 7.13. The molecular weight excluding hydrogens is 340 g/mol. The molecule has 0 aliphatic heterocycles. The molecule has 8 heteroatoms. The summed E-state index contributed by atoms with van der Waals surface area (Å²) in [6.45, 7) is 0.814. The molecule has 7 nitrogen and oxygen atoms in total. The van der Waals surface area contributed by atoms with E-state index in [4.69, 9.17) is 9.15 Å². The summed E-state index contributed by atoms with van der Waals surface area (Å²) in [6.07, 6.45) is 5.13. The summed E-state index contributed by atoms with van der Waals surface area (Å²) in [5, 5.41) is 20.5. The Balaban J connectivity index is 1.38. The molecule has 0 aliphatic rings. The van der Waals surface area contributed by atoms with Gasteiger partial charge in [0.15, 0.2) is 0 Å². The van der Waals surface area contributed by atoms with E-state index in [1.807, 2.05) is 17.6 Å². The van der Waals surface area contributed by atoms with Gasteiger partial charge in [-0.3, -0.25) is 0 Å². The molecule has 0 radical (unpaired) electrons. The second kappa shape index (κ2) is 6.78. The van der Waals surface area contributed by atoms with Crippen LogP contribution in [0.3, 0.4) is 0 Å². The number of aromatic nitrogens is 4. The minimum atomic E-state index is 0.165. The lowest BCUT2D eigenvalue weighted by atomic mass is 10.3. The molecule has 126 valence electrons. The minimum Gasteiger partial charge on any atom is -0.508 e. The molecule has 0 fully saturated rings. The largest absolute Gasteiger partial charge is 0.508 e. The van der Waals surface area contributed by atoms with E-state index >= 15 is 0 Å². The third kappa shape index (κ3) is 3.69. The van der Waals surface area contributed by atoms with E-state index in [0.29, 0.717) is 18.0 Å². The fourth-order valence-corrected chi connectivity index (χ4v) is 3.07. The lowest BCUT2D eigenvalue weighted by Crippen LogP contribution is -2.00. The fourth-order valence-electron chi connectivity index (χ4n) is 2.28. The van der Waals surface area contributed by atoms with Gasteiger partial charge in [0, 0.05) is 17.0 Å². The van der Waals surface area contributed by atoms with Gasteiger partial charge in [-0.25, -0.2) is 9.67 Å². The van der Waals surface area contributed by atoms with Crippen molar-refractivity contribution in [2.75, 3.05) is 0 Å². The van der Waals surface area contributed by atoms with Crippen LogP contribution in [0.1, 0.15) is 11.4 Å². The summed E-state index contributed by atoms with van der Waals surface area (Å²) < 4.78 is 12.4. The number of thiazole rings is 1. The van der Waals surface area contributed by atoms with Crippen molar-refractivity contribution in [3.05, 3.63) is 65.8 Å². The number of benzene rings is 1. The number of furan rings is 1. The van der Waals surface area contributed by atoms with Crippen LogP contribution < -0.4 is 4.74 Å². The lowest BCUT2D eigenvalue weighted by Gasteiger charge is -2.03. The van der Waals surface area contributed by atoms with Crippen LogP contribution in [0.5, 0.6) is 11.5 Å². The maximum atomic E-state index is 9.43. The van der Waals surface area contributed by atoms with Crippen molar-refractivity contribution in [1.82, 2.24) is 20.0 Å². The summed E-state index contributed by atoms with van der Waals surface area (Å²) in [5.74, 6) is 0.747. The first-order valence-corrected chi connectivity index (χ1v) is 8.42. The first kappa shape index (κ1) is 15.4. The predicted octanol–water partition coefficient (Wildman–Crippen LogP) is 3.33. The fraction of sp³-hybridized carbons (Fsp3) is 0.118. The summed E-state index contributed by atoms with van der Waals surface area (Å²) in [4.78, 5) is 4.57. The number of ether oxygens (including phenoxy) is 1. The molecule has 0 spiro atoms. The number of nitrogens with zero attached hydrogens (tertiary/aromatic N) is 4. The summed E-state index contributed by atoms with van der Waals surface area (Å²) in [6, 6.07) is 8.53. The molecule has 0 amide bonds. The molecule has 0 bridgehead atoms. The zero-order chi connectivity index (χ0) is 17.1. The third-order valence-electron chi connectivity index (χ3n) is 3.43. The van der Waals surface area contributed by atoms with E-state index in [1.54, 1.807) is 52.8 Å². The van der Waals surface area contributed by atoms with Crippen LogP contribution in [0, 0.1) is 0 Å². The van der Waals surface area contributed by atoms with E-state index in [9.17, 15) is 5.11 Å². The Morgan fingerprint density at radius 2 is 2.20 bits per heavy atom. The Kier molecular flexibility index (Phi) is 4.17. The minimum absolute atomic E-state index is 0.165. The van der Waals surface area contributed by atoms with Gasteiger partial charge in [0.05, 0.1) is 24.7 Å². The topological polar surface area (TPSA) is 86.2 Å². The summed E-state index contributed by atoms with van der Waals surface area (Å²) >= 11 is 1.56. The number of aromatic hydroxyl groups is 1. The Bertz CT molecular complexity index is 962. The van der Waals surface area contributed by atoms with Crippen LogP contribution in [0.15, 0.2) is 58.9 Å². The van der Waals surface area contributed by atoms with E-state index in [-0.39, 0.29) is 12.4 Å². The molecule has 0 aliphatic carbocycles. The van der Waals surface area contributed by atoms with Crippen molar-refractivity contribution in [3.8, 4) is 22.1 Å². The quantitative estimate of drug-likeness (QED) is 0.571. The van der Waals surface area contributed by atoms with E-state index in [0.717, 1.165) is 16.3 Å². The lowest BCUT2D eigenvalue weighted by molar-refractivity contribution is 0.299. The van der Waals surface area contributed by atoms with E-state index < -0.39 is 0 Å². The van der Waals surface area contributed by atoms with Crippen LogP contribution >= 0.6 is 11.3 Å².